The molecule has 10 heavy (non-hydrogen) atoms. The second-order valence-corrected chi connectivity index (χ2v) is 2.99. The van der Waals surface area contributed by atoms with Crippen LogP contribution in [0.3, 0.4) is 0 Å². The molecule has 0 bridgehead atoms. The van der Waals surface area contributed by atoms with E-state index in [9.17, 15) is 4.79 Å². The number of carboxylic acid groups (broad SMARTS) is 1. The first-order valence-electron chi connectivity index (χ1n) is 2.88. The predicted molar refractivity (Wildman–Crippen MR) is 39.7 cm³/mol. The van der Waals surface area contributed by atoms with Crippen molar-refractivity contribution in [1.82, 2.24) is 5.32 Å². The monoisotopic (exact) mass is 157 g/mol. The highest BCUT2D eigenvalue weighted by atomic mass is 32.2. The molecule has 1 atom stereocenters. The molecule has 1 aliphatic heterocycles. The van der Waals surface area contributed by atoms with Crippen LogP contribution in [0.2, 0.25) is 0 Å². The Morgan fingerprint density at radius 3 is 3.10 bits per heavy atom. The van der Waals surface area contributed by atoms with Crippen molar-refractivity contribution in [3.63, 3.8) is 0 Å². The zero-order valence-corrected chi connectivity index (χ0v) is 6.07. The molecule has 0 aromatic carbocycles. The van der Waals surface area contributed by atoms with Crippen molar-refractivity contribution in [2.45, 2.75) is 5.37 Å². The van der Waals surface area contributed by atoms with Crippen LogP contribution in [0.4, 0.5) is 0 Å². The zero-order chi connectivity index (χ0) is 7.40. The molecule has 1 heterocycles. The minimum atomic E-state index is -1.06. The molecule has 0 aliphatic carbocycles. The lowest BCUT2D eigenvalue weighted by molar-refractivity contribution is -0.130. The summed E-state index contributed by atoms with van der Waals surface area (Å²) >= 11 is 1.64. The summed E-state index contributed by atoms with van der Waals surface area (Å²) in [6.07, 6.45) is 0. The first kappa shape index (κ1) is 7.45. The van der Waals surface area contributed by atoms with E-state index in [4.69, 9.17) is 5.11 Å². The van der Waals surface area contributed by atoms with Gasteiger partial charge in [0.2, 0.25) is 0 Å². The van der Waals surface area contributed by atoms with Crippen LogP contribution in [0.25, 0.3) is 0 Å². The second-order valence-electron chi connectivity index (χ2n) is 1.78. The minimum Gasteiger partial charge on any atom is -0.472 e. The van der Waals surface area contributed by atoms with Crippen LogP contribution >= 0.6 is 11.8 Å². The van der Waals surface area contributed by atoms with Gasteiger partial charge < -0.3 is 5.11 Å². The quantitative estimate of drug-likeness (QED) is 0.475. The highest BCUT2D eigenvalue weighted by Gasteiger charge is 2.10. The number of carbonyl (C=O) groups is 1. The number of carboxylic acids is 1. The van der Waals surface area contributed by atoms with Gasteiger partial charge in [-0.15, -0.1) is 11.8 Å². The molecule has 0 amide bonds. The summed E-state index contributed by atoms with van der Waals surface area (Å²) in [6.45, 7) is 0.920. The molecule has 1 saturated heterocycles. The van der Waals surface area contributed by atoms with Gasteiger partial charge in [-0.1, -0.05) is 5.92 Å². The second kappa shape index (κ2) is 3.49. The van der Waals surface area contributed by atoms with Crippen molar-refractivity contribution in [3.05, 3.63) is 0 Å². The van der Waals surface area contributed by atoms with Crippen molar-refractivity contribution in [3.8, 4) is 11.8 Å². The van der Waals surface area contributed by atoms with Gasteiger partial charge in [0.25, 0.3) is 0 Å². The Balaban J connectivity index is 2.38. The number of aliphatic carboxylic acids is 1. The maximum absolute atomic E-state index is 9.95. The van der Waals surface area contributed by atoms with E-state index in [0.717, 1.165) is 12.3 Å². The third-order valence-corrected chi connectivity index (χ3v) is 2.08. The third kappa shape index (κ3) is 2.29. The molecule has 1 aliphatic rings. The Bertz CT molecular complexity index is 188. The van der Waals surface area contributed by atoms with E-state index < -0.39 is 5.97 Å². The topological polar surface area (TPSA) is 49.3 Å². The molecular formula is C6H7NO2S. The fraction of sp³-hybridized carbons (Fsp3) is 0.500. The van der Waals surface area contributed by atoms with Crippen LogP contribution in [0.5, 0.6) is 0 Å². The lowest BCUT2D eigenvalue weighted by Crippen LogP contribution is -2.17. The maximum Gasteiger partial charge on any atom is 0.381 e. The first-order valence-corrected chi connectivity index (χ1v) is 3.93. The molecule has 2 N–H and O–H groups in total. The van der Waals surface area contributed by atoms with Crippen molar-refractivity contribution in [2.24, 2.45) is 0 Å². The minimum absolute atomic E-state index is 0.0242. The van der Waals surface area contributed by atoms with Crippen LogP contribution in [-0.2, 0) is 4.79 Å². The van der Waals surface area contributed by atoms with Crippen LogP contribution < -0.4 is 5.32 Å². The average molecular weight is 157 g/mol. The molecule has 3 nitrogen and oxygen atoms in total. The number of hydrogen-bond acceptors (Lipinski definition) is 3. The fourth-order valence-corrected chi connectivity index (χ4v) is 1.50. The Kier molecular flexibility index (Phi) is 2.60. The number of rotatable bonds is 0. The van der Waals surface area contributed by atoms with Crippen LogP contribution in [0.1, 0.15) is 0 Å². The Morgan fingerprint density at radius 2 is 2.60 bits per heavy atom. The molecule has 54 valence electrons. The molecular weight excluding hydrogens is 150 g/mol. The molecule has 0 saturated carbocycles. The standard InChI is InChI=1S/C6H7NO2S/c8-6(9)2-1-5-7-3-4-10-5/h5,7H,3-4H2,(H,8,9). The van der Waals surface area contributed by atoms with Gasteiger partial charge in [-0.25, -0.2) is 4.79 Å². The van der Waals surface area contributed by atoms with E-state index in [1.807, 2.05) is 0 Å². The first-order chi connectivity index (χ1) is 4.79. The van der Waals surface area contributed by atoms with Crippen LogP contribution in [0.15, 0.2) is 0 Å². The van der Waals surface area contributed by atoms with Crippen molar-refractivity contribution in [2.75, 3.05) is 12.3 Å². The predicted octanol–water partition coefficient (Wildman–Crippen LogP) is -0.263. The van der Waals surface area contributed by atoms with Gasteiger partial charge in [-0.2, -0.15) is 0 Å². The highest BCUT2D eigenvalue weighted by molar-refractivity contribution is 8.00. The van der Waals surface area contributed by atoms with E-state index in [-0.39, 0.29) is 5.37 Å². The molecule has 1 rings (SSSR count). The zero-order valence-electron chi connectivity index (χ0n) is 5.26. The average Bonchev–Trinajstić information content (AvgIpc) is 2.34. The van der Waals surface area contributed by atoms with E-state index in [1.165, 1.54) is 0 Å². The summed E-state index contributed by atoms with van der Waals surface area (Å²) in [7, 11) is 0. The van der Waals surface area contributed by atoms with Gasteiger partial charge in [-0.05, 0) is 0 Å². The lowest BCUT2D eigenvalue weighted by atomic mass is 10.5. The van der Waals surface area contributed by atoms with Gasteiger partial charge in [0.15, 0.2) is 0 Å². The summed E-state index contributed by atoms with van der Waals surface area (Å²) in [5, 5.41) is 11.2. The van der Waals surface area contributed by atoms with Crippen molar-refractivity contribution in [1.29, 1.82) is 0 Å². The molecule has 1 fully saturated rings. The van der Waals surface area contributed by atoms with E-state index >= 15 is 0 Å². The van der Waals surface area contributed by atoms with Gasteiger partial charge >= 0.3 is 5.97 Å². The third-order valence-electron chi connectivity index (χ3n) is 1.03. The summed E-state index contributed by atoms with van der Waals surface area (Å²) in [6, 6.07) is 0. The van der Waals surface area contributed by atoms with Gasteiger partial charge in [-0.3, -0.25) is 5.32 Å². The van der Waals surface area contributed by atoms with E-state index in [1.54, 1.807) is 11.8 Å². The molecule has 0 aromatic rings. The molecule has 1 unspecified atom stereocenters. The summed E-state index contributed by atoms with van der Waals surface area (Å²) in [5.74, 6) is 4.61. The van der Waals surface area contributed by atoms with Gasteiger partial charge in [0.1, 0.15) is 5.37 Å². The Hall–Kier alpha value is -0.660. The number of hydrogen-bond donors (Lipinski definition) is 2. The molecule has 4 heteroatoms. The van der Waals surface area contributed by atoms with Crippen molar-refractivity contribution >= 4 is 17.7 Å². The molecule has 0 aromatic heterocycles. The molecule has 0 radical (unpaired) electrons. The van der Waals surface area contributed by atoms with E-state index in [2.05, 4.69) is 17.2 Å². The van der Waals surface area contributed by atoms with Crippen LogP contribution in [0, 0.1) is 11.8 Å². The largest absolute Gasteiger partial charge is 0.472 e. The van der Waals surface area contributed by atoms with Crippen LogP contribution in [-0.4, -0.2) is 28.7 Å². The lowest BCUT2D eigenvalue weighted by Gasteiger charge is -1.95. The van der Waals surface area contributed by atoms with Gasteiger partial charge in [0.05, 0.1) is 0 Å². The molecule has 0 spiro atoms. The maximum atomic E-state index is 9.95. The Labute approximate surface area is 63.2 Å². The summed E-state index contributed by atoms with van der Waals surface area (Å²) < 4.78 is 0. The van der Waals surface area contributed by atoms with Gasteiger partial charge in [0, 0.05) is 18.2 Å². The smallest absolute Gasteiger partial charge is 0.381 e. The number of thioether (sulfide) groups is 1. The Morgan fingerprint density at radius 1 is 1.80 bits per heavy atom. The highest BCUT2D eigenvalue weighted by Crippen LogP contribution is 2.11. The fourth-order valence-electron chi connectivity index (χ4n) is 0.646. The normalized spacial score (nSPS) is 23.4. The number of nitrogens with one attached hydrogen (secondary N) is 1. The van der Waals surface area contributed by atoms with Crippen molar-refractivity contribution < 1.29 is 9.90 Å². The SMILES string of the molecule is O=C(O)C#CC1NCCS1. The van der Waals surface area contributed by atoms with E-state index in [0.29, 0.717) is 0 Å². The summed E-state index contributed by atoms with van der Waals surface area (Å²) in [4.78, 5) is 9.95. The summed E-state index contributed by atoms with van der Waals surface area (Å²) in [5.41, 5.74) is 0.